The average Bonchev–Trinajstić information content (AvgIpc) is 3.39. The standard InChI is InChI=1S/C30H34F7N3O3/c1-38(27(41)22-14-23(29(32,33)34)16-24(15-22)30(35,36)37)17-21(20-2-4-25(31)5-3-20)6-9-39-18-26(19-39)40-10-7-28(8-11-40)42-12-13-43-28/h2-5,14-16,21,26H,6-13,17-19H2,1H3. The van der Waals surface area contributed by atoms with Crippen molar-refractivity contribution in [2.24, 2.45) is 0 Å². The Hall–Kier alpha value is -2.74. The van der Waals surface area contributed by atoms with E-state index in [9.17, 15) is 35.5 Å². The van der Waals surface area contributed by atoms with Crippen LogP contribution in [0.15, 0.2) is 42.5 Å². The summed E-state index contributed by atoms with van der Waals surface area (Å²) in [6, 6.07) is 7.01. The number of piperidine rings is 1. The van der Waals surface area contributed by atoms with Crippen LogP contribution in [-0.2, 0) is 21.8 Å². The molecule has 13 heteroatoms. The zero-order valence-electron chi connectivity index (χ0n) is 23.7. The van der Waals surface area contributed by atoms with Crippen molar-refractivity contribution in [3.63, 3.8) is 0 Å². The zero-order chi connectivity index (χ0) is 31.0. The number of hydrogen-bond acceptors (Lipinski definition) is 5. The Morgan fingerprint density at radius 2 is 1.51 bits per heavy atom. The second-order valence-electron chi connectivity index (χ2n) is 11.6. The highest BCUT2D eigenvalue weighted by atomic mass is 19.4. The molecule has 236 valence electrons. The number of halogens is 7. The lowest BCUT2D eigenvalue weighted by atomic mass is 9.93. The molecule has 3 aliphatic rings. The lowest BCUT2D eigenvalue weighted by molar-refractivity contribution is -0.191. The molecule has 0 saturated carbocycles. The molecule has 1 amide bonds. The maximum absolute atomic E-state index is 13.6. The predicted octanol–water partition coefficient (Wildman–Crippen LogP) is 5.63. The van der Waals surface area contributed by atoms with Gasteiger partial charge in [-0.25, -0.2) is 4.39 Å². The number of rotatable bonds is 8. The minimum atomic E-state index is -5.06. The number of carbonyl (C=O) groups is 1. The smallest absolute Gasteiger partial charge is 0.347 e. The number of alkyl halides is 6. The van der Waals surface area contributed by atoms with Gasteiger partial charge in [0.25, 0.3) is 5.91 Å². The Bertz CT molecular complexity index is 1230. The van der Waals surface area contributed by atoms with Crippen molar-refractivity contribution in [3.8, 4) is 0 Å². The maximum Gasteiger partial charge on any atom is 0.416 e. The Morgan fingerprint density at radius 3 is 2.05 bits per heavy atom. The minimum absolute atomic E-state index is 0.00332. The van der Waals surface area contributed by atoms with Crippen molar-refractivity contribution >= 4 is 5.91 Å². The predicted molar refractivity (Wildman–Crippen MR) is 143 cm³/mol. The number of likely N-dealkylation sites (N-methyl/N-ethyl adjacent to an activating group) is 1. The average molecular weight is 618 g/mol. The summed E-state index contributed by atoms with van der Waals surface area (Å²) in [4.78, 5) is 19.0. The van der Waals surface area contributed by atoms with Crippen molar-refractivity contribution in [1.29, 1.82) is 0 Å². The first-order valence-electron chi connectivity index (χ1n) is 14.3. The summed E-state index contributed by atoms with van der Waals surface area (Å²) in [5.74, 6) is -2.18. The Kier molecular flexibility index (Phi) is 9.09. The van der Waals surface area contributed by atoms with Gasteiger partial charge in [0.2, 0.25) is 0 Å². The van der Waals surface area contributed by atoms with Crippen LogP contribution < -0.4 is 0 Å². The highest BCUT2D eigenvalue weighted by Gasteiger charge is 2.43. The van der Waals surface area contributed by atoms with E-state index in [0.29, 0.717) is 44.4 Å². The maximum atomic E-state index is 13.6. The third-order valence-electron chi connectivity index (χ3n) is 8.64. The summed E-state index contributed by atoms with van der Waals surface area (Å²) in [7, 11) is 1.34. The van der Waals surface area contributed by atoms with Crippen LogP contribution in [0.25, 0.3) is 0 Å². The molecule has 43 heavy (non-hydrogen) atoms. The summed E-state index contributed by atoms with van der Waals surface area (Å²) in [5.41, 5.74) is -3.08. The molecule has 0 N–H and O–H groups in total. The van der Waals surface area contributed by atoms with E-state index in [-0.39, 0.29) is 18.5 Å². The zero-order valence-corrected chi connectivity index (χ0v) is 23.7. The van der Waals surface area contributed by atoms with E-state index in [1.807, 2.05) is 0 Å². The molecule has 2 aromatic rings. The molecule has 3 saturated heterocycles. The first-order valence-corrected chi connectivity index (χ1v) is 14.3. The molecule has 0 aliphatic carbocycles. The van der Waals surface area contributed by atoms with Gasteiger partial charge in [0.15, 0.2) is 5.79 Å². The fraction of sp³-hybridized carbons (Fsp3) is 0.567. The van der Waals surface area contributed by atoms with Gasteiger partial charge < -0.3 is 19.3 Å². The van der Waals surface area contributed by atoms with Crippen LogP contribution in [0.1, 0.15) is 52.2 Å². The topological polar surface area (TPSA) is 45.2 Å². The number of benzene rings is 2. The molecule has 1 atom stereocenters. The van der Waals surface area contributed by atoms with Gasteiger partial charge in [0, 0.05) is 70.1 Å². The van der Waals surface area contributed by atoms with E-state index in [0.717, 1.165) is 49.5 Å². The van der Waals surface area contributed by atoms with Crippen molar-refractivity contribution in [2.45, 2.75) is 49.4 Å². The van der Waals surface area contributed by atoms with Gasteiger partial charge in [-0.2, -0.15) is 26.3 Å². The van der Waals surface area contributed by atoms with Gasteiger partial charge in [0.1, 0.15) is 5.82 Å². The SMILES string of the molecule is CN(CC(CCN1CC(N2CCC3(CC2)OCCO3)C1)c1ccc(F)cc1)C(=O)c1cc(C(F)(F)F)cc(C(F)(F)F)c1. The summed E-state index contributed by atoms with van der Waals surface area (Å²) in [6.07, 6.45) is -7.92. The van der Waals surface area contributed by atoms with Crippen molar-refractivity contribution in [2.75, 3.05) is 59.5 Å². The Morgan fingerprint density at radius 1 is 0.953 bits per heavy atom. The Labute approximate surface area is 245 Å². The third-order valence-corrected chi connectivity index (χ3v) is 8.64. The van der Waals surface area contributed by atoms with Crippen LogP contribution in [-0.4, -0.2) is 92.0 Å². The van der Waals surface area contributed by atoms with Crippen molar-refractivity contribution in [1.82, 2.24) is 14.7 Å². The molecule has 3 fully saturated rings. The fourth-order valence-corrected chi connectivity index (χ4v) is 6.12. The molecular formula is C30H34F7N3O3. The number of amides is 1. The third kappa shape index (κ3) is 7.50. The molecule has 0 bridgehead atoms. The quantitative estimate of drug-likeness (QED) is 0.360. The normalized spacial score (nSPS) is 20.7. The Balaban J connectivity index is 1.22. The first-order chi connectivity index (χ1) is 20.2. The minimum Gasteiger partial charge on any atom is -0.347 e. The fourth-order valence-electron chi connectivity index (χ4n) is 6.12. The van der Waals surface area contributed by atoms with Crippen molar-refractivity contribution in [3.05, 3.63) is 70.5 Å². The lowest BCUT2D eigenvalue weighted by Crippen LogP contribution is -2.62. The molecule has 2 aromatic carbocycles. The van der Waals surface area contributed by atoms with Gasteiger partial charge in [-0.15, -0.1) is 0 Å². The molecular weight excluding hydrogens is 583 g/mol. The van der Waals surface area contributed by atoms with E-state index >= 15 is 0 Å². The summed E-state index contributed by atoms with van der Waals surface area (Å²) in [5, 5.41) is 0. The van der Waals surface area contributed by atoms with E-state index in [2.05, 4.69) is 9.80 Å². The molecule has 3 aliphatic heterocycles. The monoisotopic (exact) mass is 617 g/mol. The number of carbonyl (C=O) groups excluding carboxylic acids is 1. The second-order valence-corrected chi connectivity index (χ2v) is 11.6. The molecule has 6 nitrogen and oxygen atoms in total. The molecule has 0 radical (unpaired) electrons. The van der Waals surface area contributed by atoms with Gasteiger partial charge in [0.05, 0.1) is 24.3 Å². The molecule has 0 aromatic heterocycles. The summed E-state index contributed by atoms with van der Waals surface area (Å²) < 4.78 is 105. The second kappa shape index (κ2) is 12.3. The molecule has 5 rings (SSSR count). The highest BCUT2D eigenvalue weighted by Crippen LogP contribution is 2.37. The number of likely N-dealkylation sites (tertiary alicyclic amines) is 2. The van der Waals surface area contributed by atoms with Gasteiger partial charge >= 0.3 is 12.4 Å². The molecule has 1 unspecified atom stereocenters. The van der Waals surface area contributed by atoms with Crippen LogP contribution in [0, 0.1) is 5.82 Å². The number of hydrogen-bond donors (Lipinski definition) is 0. The first kappa shape index (κ1) is 31.7. The van der Waals surface area contributed by atoms with E-state index in [1.54, 1.807) is 12.1 Å². The van der Waals surface area contributed by atoms with Gasteiger partial charge in [-0.3, -0.25) is 9.69 Å². The molecule has 3 heterocycles. The van der Waals surface area contributed by atoms with Crippen LogP contribution >= 0.6 is 0 Å². The lowest BCUT2D eigenvalue weighted by Gasteiger charge is -2.49. The van der Waals surface area contributed by atoms with Crippen LogP contribution in [0.4, 0.5) is 30.7 Å². The van der Waals surface area contributed by atoms with E-state index in [4.69, 9.17) is 9.47 Å². The van der Waals surface area contributed by atoms with E-state index in [1.165, 1.54) is 19.2 Å². The number of nitrogens with zero attached hydrogens (tertiary/aromatic N) is 3. The van der Waals surface area contributed by atoms with Gasteiger partial charge in [-0.1, -0.05) is 12.1 Å². The summed E-state index contributed by atoms with van der Waals surface area (Å²) in [6.45, 7) is 5.40. The van der Waals surface area contributed by atoms with Crippen LogP contribution in [0.5, 0.6) is 0 Å². The molecule has 1 spiro atoms. The van der Waals surface area contributed by atoms with E-state index < -0.39 is 46.6 Å². The highest BCUT2D eigenvalue weighted by molar-refractivity contribution is 5.94. The summed E-state index contributed by atoms with van der Waals surface area (Å²) >= 11 is 0. The van der Waals surface area contributed by atoms with Crippen LogP contribution in [0.3, 0.4) is 0 Å². The van der Waals surface area contributed by atoms with Crippen molar-refractivity contribution < 1.29 is 45.0 Å². The number of ether oxygens (including phenoxy) is 2. The largest absolute Gasteiger partial charge is 0.416 e. The van der Waals surface area contributed by atoms with Gasteiger partial charge in [-0.05, 0) is 48.9 Å². The van der Waals surface area contributed by atoms with Crippen LogP contribution in [0.2, 0.25) is 0 Å².